The molecule has 0 bridgehead atoms. The van der Waals surface area contributed by atoms with Crippen LogP contribution in [-0.4, -0.2) is 56.3 Å². The molecule has 0 heterocycles. The monoisotopic (exact) mass is 644 g/mol. The molecule has 0 radical (unpaired) electrons. The third kappa shape index (κ3) is 8.26. The minimum absolute atomic E-state index is 0.0258. The predicted molar refractivity (Wildman–Crippen MR) is 169 cm³/mol. The van der Waals surface area contributed by atoms with Gasteiger partial charge in [0.2, 0.25) is 11.8 Å². The summed E-state index contributed by atoms with van der Waals surface area (Å²) in [6.45, 7) is 6.69. The maximum Gasteiger partial charge on any atom is 0.273 e. The third-order valence-corrected chi connectivity index (χ3v) is 9.11. The number of nitro benzene ring substituents is 1. The van der Waals surface area contributed by atoms with Gasteiger partial charge in [0.25, 0.3) is 15.7 Å². The molecule has 0 aliphatic carbocycles. The van der Waals surface area contributed by atoms with Crippen molar-refractivity contribution in [3.05, 3.63) is 92.5 Å². The number of aryl methyl sites for hydroxylation is 2. The second kappa shape index (κ2) is 15.0. The van der Waals surface area contributed by atoms with E-state index in [1.54, 1.807) is 6.92 Å². The molecule has 0 saturated carbocycles. The number of nitrogens with zero attached hydrogens (tertiary/aromatic N) is 3. The van der Waals surface area contributed by atoms with Crippen LogP contribution in [-0.2, 0) is 26.2 Å². The van der Waals surface area contributed by atoms with Crippen molar-refractivity contribution < 1.29 is 27.7 Å². The summed E-state index contributed by atoms with van der Waals surface area (Å²) in [5, 5.41) is 14.6. The lowest BCUT2D eigenvalue weighted by atomic mass is 10.1. The van der Waals surface area contributed by atoms with Crippen LogP contribution in [0.1, 0.15) is 43.4 Å². The average molecular weight is 645 g/mol. The first-order chi connectivity index (χ1) is 20.8. The van der Waals surface area contributed by atoms with E-state index in [9.17, 15) is 28.1 Å². The summed E-state index contributed by atoms with van der Waals surface area (Å²) < 4.78 is 34.6. The standard InChI is InChI=1S/C31H37ClN4O7S/c1-6-7-16-33-31(38)23(4)34(19-24-11-8-21(2)9-12-24)30(37)20-35(28-17-25(32)13-15-29(28)43-5)44(41,42)26-14-10-22(3)27(18-26)36(39)40/h8-15,17-18,23H,6-7,16,19-20H2,1-5H3,(H,33,38). The topological polar surface area (TPSA) is 139 Å². The number of rotatable bonds is 14. The summed E-state index contributed by atoms with van der Waals surface area (Å²) in [6.07, 6.45) is 1.62. The molecule has 2 amide bonds. The van der Waals surface area contributed by atoms with Crippen LogP contribution in [0, 0.1) is 24.0 Å². The third-order valence-electron chi connectivity index (χ3n) is 7.12. The minimum atomic E-state index is -4.60. The fraction of sp³-hybridized carbons (Fsp3) is 0.355. The molecule has 0 fully saturated rings. The molecule has 0 spiro atoms. The number of methoxy groups -OCH3 is 1. The van der Waals surface area contributed by atoms with Crippen LogP contribution in [0.5, 0.6) is 5.75 Å². The Morgan fingerprint density at radius 2 is 1.75 bits per heavy atom. The lowest BCUT2D eigenvalue weighted by molar-refractivity contribution is -0.385. The SMILES string of the molecule is CCCCNC(=O)C(C)N(Cc1ccc(C)cc1)C(=O)CN(c1cc(Cl)ccc1OC)S(=O)(=O)c1ccc(C)c([N+](=O)[O-])c1. The number of nitrogens with one attached hydrogen (secondary N) is 1. The van der Waals surface area contributed by atoms with Crippen molar-refractivity contribution in [2.24, 2.45) is 0 Å². The lowest BCUT2D eigenvalue weighted by Gasteiger charge is -2.32. The first kappa shape index (κ1) is 34.3. The number of unbranched alkanes of at least 4 members (excludes halogenated alkanes) is 1. The number of hydrogen-bond acceptors (Lipinski definition) is 7. The largest absolute Gasteiger partial charge is 0.495 e. The van der Waals surface area contributed by atoms with E-state index in [1.165, 1.54) is 49.3 Å². The Hall–Kier alpha value is -4.16. The maximum atomic E-state index is 14.2. The summed E-state index contributed by atoms with van der Waals surface area (Å²) in [5.41, 5.74) is 1.57. The summed E-state index contributed by atoms with van der Waals surface area (Å²) >= 11 is 6.26. The highest BCUT2D eigenvalue weighted by atomic mass is 35.5. The van der Waals surface area contributed by atoms with E-state index in [0.29, 0.717) is 6.54 Å². The highest BCUT2D eigenvalue weighted by Gasteiger charge is 2.35. The van der Waals surface area contributed by atoms with Gasteiger partial charge in [-0.05, 0) is 57.0 Å². The Balaban J connectivity index is 2.13. The Labute approximate surface area is 263 Å². The zero-order valence-electron chi connectivity index (χ0n) is 25.4. The predicted octanol–water partition coefficient (Wildman–Crippen LogP) is 5.40. The molecule has 1 atom stereocenters. The molecule has 0 saturated heterocycles. The summed E-state index contributed by atoms with van der Waals surface area (Å²) in [5.74, 6) is -0.971. The van der Waals surface area contributed by atoms with Gasteiger partial charge in [-0.1, -0.05) is 60.8 Å². The van der Waals surface area contributed by atoms with Crippen molar-refractivity contribution in [2.45, 2.75) is 58.0 Å². The van der Waals surface area contributed by atoms with Crippen molar-refractivity contribution >= 4 is 44.8 Å². The van der Waals surface area contributed by atoms with E-state index in [2.05, 4.69) is 5.32 Å². The van der Waals surface area contributed by atoms with Gasteiger partial charge < -0.3 is 15.0 Å². The Kier molecular flexibility index (Phi) is 11.7. The molecule has 11 nitrogen and oxygen atoms in total. The van der Waals surface area contributed by atoms with E-state index < -0.39 is 44.0 Å². The highest BCUT2D eigenvalue weighted by Crippen LogP contribution is 2.36. The molecule has 3 rings (SSSR count). The second-order valence-corrected chi connectivity index (χ2v) is 12.7. The molecular formula is C31H37ClN4O7S. The molecule has 3 aromatic carbocycles. The van der Waals surface area contributed by atoms with Gasteiger partial charge in [0.1, 0.15) is 18.3 Å². The number of nitro groups is 1. The van der Waals surface area contributed by atoms with Gasteiger partial charge in [0, 0.05) is 29.7 Å². The molecule has 0 aromatic heterocycles. The van der Waals surface area contributed by atoms with E-state index in [-0.39, 0.29) is 34.5 Å². The second-order valence-electron chi connectivity index (χ2n) is 10.4. The van der Waals surface area contributed by atoms with Crippen molar-refractivity contribution in [1.29, 1.82) is 0 Å². The molecule has 0 aliphatic heterocycles. The average Bonchev–Trinajstić information content (AvgIpc) is 2.99. The highest BCUT2D eigenvalue weighted by molar-refractivity contribution is 7.92. The molecule has 3 aromatic rings. The Bertz CT molecular complexity index is 1610. The quantitative estimate of drug-likeness (QED) is 0.141. The molecule has 236 valence electrons. The zero-order valence-corrected chi connectivity index (χ0v) is 26.9. The Morgan fingerprint density at radius 3 is 2.36 bits per heavy atom. The first-order valence-electron chi connectivity index (χ1n) is 14.0. The van der Waals surface area contributed by atoms with Crippen LogP contribution in [0.4, 0.5) is 11.4 Å². The van der Waals surface area contributed by atoms with Gasteiger partial charge in [0.15, 0.2) is 0 Å². The van der Waals surface area contributed by atoms with Crippen LogP contribution >= 0.6 is 11.6 Å². The Morgan fingerprint density at radius 1 is 1.07 bits per heavy atom. The smallest absolute Gasteiger partial charge is 0.273 e. The fourth-order valence-corrected chi connectivity index (χ4v) is 6.06. The number of carbonyl (C=O) groups is 2. The number of ether oxygens (including phenoxy) is 1. The number of anilines is 1. The molecule has 1 N–H and O–H groups in total. The van der Waals surface area contributed by atoms with Crippen LogP contribution in [0.25, 0.3) is 0 Å². The van der Waals surface area contributed by atoms with Crippen molar-refractivity contribution in [3.63, 3.8) is 0 Å². The van der Waals surface area contributed by atoms with Crippen molar-refractivity contribution in [2.75, 3.05) is 24.5 Å². The molecule has 0 aliphatic rings. The lowest BCUT2D eigenvalue weighted by Crippen LogP contribution is -2.51. The molecule has 13 heteroatoms. The molecule has 1 unspecified atom stereocenters. The zero-order chi connectivity index (χ0) is 32.6. The van der Waals surface area contributed by atoms with E-state index >= 15 is 0 Å². The summed E-state index contributed by atoms with van der Waals surface area (Å²) in [7, 11) is -3.27. The number of benzene rings is 3. The normalized spacial score (nSPS) is 11.9. The van der Waals surface area contributed by atoms with Crippen LogP contribution in [0.3, 0.4) is 0 Å². The molecule has 44 heavy (non-hydrogen) atoms. The minimum Gasteiger partial charge on any atom is -0.495 e. The van der Waals surface area contributed by atoms with Gasteiger partial charge >= 0.3 is 0 Å². The van der Waals surface area contributed by atoms with Gasteiger partial charge in [-0.3, -0.25) is 24.0 Å². The first-order valence-corrected chi connectivity index (χ1v) is 15.9. The number of amides is 2. The van der Waals surface area contributed by atoms with E-state index in [0.717, 1.165) is 34.3 Å². The van der Waals surface area contributed by atoms with Gasteiger partial charge in [-0.15, -0.1) is 0 Å². The number of halogens is 1. The number of sulfonamides is 1. The van der Waals surface area contributed by atoms with Gasteiger partial charge in [-0.25, -0.2) is 8.42 Å². The van der Waals surface area contributed by atoms with Gasteiger partial charge in [0.05, 0.1) is 22.6 Å². The van der Waals surface area contributed by atoms with Crippen LogP contribution in [0.15, 0.2) is 65.6 Å². The summed E-state index contributed by atoms with van der Waals surface area (Å²) in [4.78, 5) is 39.1. The summed E-state index contributed by atoms with van der Waals surface area (Å²) in [6, 6.07) is 14.3. The van der Waals surface area contributed by atoms with E-state index in [1.807, 2.05) is 38.1 Å². The van der Waals surface area contributed by atoms with E-state index in [4.69, 9.17) is 16.3 Å². The fourth-order valence-electron chi connectivity index (χ4n) is 4.45. The van der Waals surface area contributed by atoms with Gasteiger partial charge in [-0.2, -0.15) is 0 Å². The van der Waals surface area contributed by atoms with Crippen molar-refractivity contribution in [1.82, 2.24) is 10.2 Å². The van der Waals surface area contributed by atoms with Crippen LogP contribution in [0.2, 0.25) is 5.02 Å². The maximum absolute atomic E-state index is 14.2. The number of hydrogen-bond donors (Lipinski definition) is 1. The molecular weight excluding hydrogens is 608 g/mol. The van der Waals surface area contributed by atoms with Crippen LogP contribution < -0.4 is 14.4 Å². The van der Waals surface area contributed by atoms with Crippen molar-refractivity contribution in [3.8, 4) is 5.75 Å². The number of carbonyl (C=O) groups excluding carboxylic acids is 2.